The molecule has 11 nitrogen and oxygen atoms in total. The van der Waals surface area contributed by atoms with Gasteiger partial charge in [-0.2, -0.15) is 4.31 Å². The molecule has 0 spiro atoms. The molecule has 39 heavy (non-hydrogen) atoms. The van der Waals surface area contributed by atoms with E-state index < -0.39 is 33.6 Å². The highest BCUT2D eigenvalue weighted by atomic mass is 32.2. The van der Waals surface area contributed by atoms with Crippen molar-refractivity contribution in [3.63, 3.8) is 0 Å². The molecule has 0 unspecified atom stereocenters. The van der Waals surface area contributed by atoms with Gasteiger partial charge in [0, 0.05) is 24.8 Å². The molecule has 0 amide bonds. The van der Waals surface area contributed by atoms with Gasteiger partial charge in [0.25, 0.3) is 5.56 Å². The Labute approximate surface area is 223 Å². The Kier molecular flexibility index (Phi) is 7.42. The molecular weight excluding hydrogens is 524 g/mol. The van der Waals surface area contributed by atoms with E-state index in [4.69, 9.17) is 9.47 Å². The van der Waals surface area contributed by atoms with Gasteiger partial charge in [0.1, 0.15) is 5.75 Å². The van der Waals surface area contributed by atoms with Crippen molar-refractivity contribution in [2.24, 2.45) is 0 Å². The van der Waals surface area contributed by atoms with Gasteiger partial charge in [-0.05, 0) is 42.0 Å². The average Bonchev–Trinajstić information content (AvgIpc) is 2.98. The second kappa shape index (κ2) is 10.9. The first kappa shape index (κ1) is 26.5. The maximum absolute atomic E-state index is 13.5. The molecule has 0 bridgehead atoms. The van der Waals surface area contributed by atoms with Crippen molar-refractivity contribution < 1.29 is 22.7 Å². The highest BCUT2D eigenvalue weighted by Gasteiger charge is 2.27. The predicted molar refractivity (Wildman–Crippen MR) is 143 cm³/mol. The lowest BCUT2D eigenvalue weighted by Crippen LogP contribution is -2.41. The fourth-order valence-electron chi connectivity index (χ4n) is 4.45. The highest BCUT2D eigenvalue weighted by Crippen LogP contribution is 2.19. The van der Waals surface area contributed by atoms with Crippen molar-refractivity contribution in [3.05, 3.63) is 98.8 Å². The zero-order chi connectivity index (χ0) is 27.6. The van der Waals surface area contributed by atoms with Crippen LogP contribution in [0.5, 0.6) is 5.75 Å². The minimum Gasteiger partial charge on any atom is -0.497 e. The molecule has 5 rings (SSSR count). The van der Waals surface area contributed by atoms with Crippen molar-refractivity contribution >= 4 is 26.8 Å². The molecule has 1 saturated heterocycles. The van der Waals surface area contributed by atoms with Gasteiger partial charge < -0.3 is 9.47 Å². The summed E-state index contributed by atoms with van der Waals surface area (Å²) < 4.78 is 40.1. The molecule has 0 N–H and O–H groups in total. The number of sulfonamides is 1. The quantitative estimate of drug-likeness (QED) is 0.302. The molecule has 12 heteroatoms. The predicted octanol–water partition coefficient (Wildman–Crippen LogP) is 1.52. The molecule has 1 fully saturated rings. The first-order chi connectivity index (χ1) is 18.8. The van der Waals surface area contributed by atoms with E-state index in [0.717, 1.165) is 4.57 Å². The van der Waals surface area contributed by atoms with Crippen LogP contribution in [-0.2, 0) is 27.8 Å². The summed E-state index contributed by atoms with van der Waals surface area (Å²) in [5.41, 5.74) is -0.188. The summed E-state index contributed by atoms with van der Waals surface area (Å²) in [7, 11) is -2.28. The van der Waals surface area contributed by atoms with E-state index in [1.165, 1.54) is 46.4 Å². The summed E-state index contributed by atoms with van der Waals surface area (Å²) in [6, 6.07) is 15.8. The van der Waals surface area contributed by atoms with E-state index in [9.17, 15) is 22.8 Å². The number of nitrogens with zero attached hydrogens (tertiary/aromatic N) is 4. The van der Waals surface area contributed by atoms with Crippen molar-refractivity contribution in [2.45, 2.75) is 18.0 Å². The van der Waals surface area contributed by atoms with Crippen LogP contribution >= 0.6 is 0 Å². The van der Waals surface area contributed by atoms with E-state index in [0.29, 0.717) is 24.5 Å². The van der Waals surface area contributed by atoms with Gasteiger partial charge in [-0.1, -0.05) is 24.3 Å². The fourth-order valence-corrected chi connectivity index (χ4v) is 5.90. The van der Waals surface area contributed by atoms with Crippen LogP contribution in [0.1, 0.15) is 15.9 Å². The second-order valence-corrected chi connectivity index (χ2v) is 10.9. The number of benzene rings is 2. The Morgan fingerprint density at radius 2 is 1.74 bits per heavy atom. The van der Waals surface area contributed by atoms with Crippen LogP contribution in [0.2, 0.25) is 0 Å². The Morgan fingerprint density at radius 3 is 2.46 bits per heavy atom. The van der Waals surface area contributed by atoms with E-state index in [2.05, 4.69) is 4.98 Å². The van der Waals surface area contributed by atoms with Crippen LogP contribution in [0.3, 0.4) is 0 Å². The highest BCUT2D eigenvalue weighted by molar-refractivity contribution is 7.89. The van der Waals surface area contributed by atoms with Gasteiger partial charge >= 0.3 is 5.69 Å². The second-order valence-electron chi connectivity index (χ2n) is 8.95. The van der Waals surface area contributed by atoms with Gasteiger partial charge in [-0.3, -0.25) is 18.7 Å². The van der Waals surface area contributed by atoms with Crippen LogP contribution in [-0.4, -0.2) is 66.0 Å². The van der Waals surface area contributed by atoms with Crippen molar-refractivity contribution in [2.75, 3.05) is 33.4 Å². The van der Waals surface area contributed by atoms with Crippen LogP contribution < -0.4 is 16.0 Å². The molecule has 2 aromatic heterocycles. The topological polar surface area (TPSA) is 130 Å². The minimum absolute atomic E-state index is 0.0152. The van der Waals surface area contributed by atoms with Gasteiger partial charge in [0.15, 0.2) is 11.3 Å². The largest absolute Gasteiger partial charge is 0.497 e. The number of morpholine rings is 1. The number of Topliss-reactive ketones (excluding diaryl/α,β-unsaturated/α-hetero) is 1. The third-order valence-electron chi connectivity index (χ3n) is 6.55. The van der Waals surface area contributed by atoms with Crippen molar-refractivity contribution in [1.29, 1.82) is 0 Å². The number of methoxy groups -OCH3 is 1. The molecule has 0 saturated carbocycles. The molecule has 0 atom stereocenters. The standard InChI is InChI=1S/C27H26N4O7S/c1-37-21-9-7-19(8-10-21)17-31-26(33)25-23(6-3-11-28-25)30(27(31)34)18-24(32)20-4-2-5-22(16-20)39(35,36)29-12-14-38-15-13-29/h2-11,16H,12-15,17-18H2,1H3. The van der Waals surface area contributed by atoms with Crippen LogP contribution in [0.4, 0.5) is 0 Å². The molecule has 0 aliphatic carbocycles. The Hall–Kier alpha value is -4.13. The monoisotopic (exact) mass is 550 g/mol. The SMILES string of the molecule is COc1ccc(Cn2c(=O)c3ncccc3n(CC(=O)c3cccc(S(=O)(=O)N4CCOCC4)c3)c2=O)cc1. The van der Waals surface area contributed by atoms with Gasteiger partial charge in [0.05, 0.1) is 43.8 Å². The maximum Gasteiger partial charge on any atom is 0.332 e. The number of ether oxygens (including phenoxy) is 2. The summed E-state index contributed by atoms with van der Waals surface area (Å²) in [5, 5.41) is 0. The number of pyridine rings is 1. The molecule has 2 aromatic carbocycles. The molecule has 3 heterocycles. The van der Waals surface area contributed by atoms with Crippen molar-refractivity contribution in [1.82, 2.24) is 18.4 Å². The fraction of sp³-hybridized carbons (Fsp3) is 0.259. The lowest BCUT2D eigenvalue weighted by Gasteiger charge is -2.26. The number of carbonyl (C=O) groups is 1. The number of rotatable bonds is 8. The normalized spacial score (nSPS) is 14.4. The smallest absolute Gasteiger partial charge is 0.332 e. The Balaban J connectivity index is 1.51. The Bertz CT molecular complexity index is 1760. The minimum atomic E-state index is -3.82. The lowest BCUT2D eigenvalue weighted by atomic mass is 10.1. The third-order valence-corrected chi connectivity index (χ3v) is 8.45. The lowest BCUT2D eigenvalue weighted by molar-refractivity contribution is 0.0730. The molecule has 1 aliphatic heterocycles. The number of hydrogen-bond donors (Lipinski definition) is 0. The number of fused-ring (bicyclic) bond motifs is 1. The summed E-state index contributed by atoms with van der Waals surface area (Å²) in [5.74, 6) is 0.142. The van der Waals surface area contributed by atoms with E-state index in [1.54, 1.807) is 36.4 Å². The molecule has 4 aromatic rings. The third kappa shape index (κ3) is 5.26. The first-order valence-corrected chi connectivity index (χ1v) is 13.7. The average molecular weight is 551 g/mol. The number of ketones is 1. The number of carbonyl (C=O) groups excluding carboxylic acids is 1. The summed E-state index contributed by atoms with van der Waals surface area (Å²) in [6.45, 7) is 0.609. The molecular formula is C27H26N4O7S. The van der Waals surface area contributed by atoms with Gasteiger partial charge in [0.2, 0.25) is 10.0 Å². The van der Waals surface area contributed by atoms with Crippen LogP contribution in [0.25, 0.3) is 11.0 Å². The van der Waals surface area contributed by atoms with Gasteiger partial charge in [-0.15, -0.1) is 0 Å². The first-order valence-electron chi connectivity index (χ1n) is 12.2. The zero-order valence-electron chi connectivity index (χ0n) is 21.1. The van der Waals surface area contributed by atoms with Gasteiger partial charge in [-0.25, -0.2) is 18.2 Å². The van der Waals surface area contributed by atoms with Crippen LogP contribution in [0.15, 0.2) is 81.3 Å². The Morgan fingerprint density at radius 1 is 1.00 bits per heavy atom. The molecule has 0 radical (unpaired) electrons. The van der Waals surface area contributed by atoms with Crippen LogP contribution in [0, 0.1) is 0 Å². The summed E-state index contributed by atoms with van der Waals surface area (Å²) in [6.07, 6.45) is 1.44. The molecule has 202 valence electrons. The molecule has 1 aliphatic rings. The maximum atomic E-state index is 13.5. The number of aromatic nitrogens is 3. The number of hydrogen-bond acceptors (Lipinski definition) is 8. The zero-order valence-corrected chi connectivity index (χ0v) is 22.0. The van der Waals surface area contributed by atoms with E-state index in [-0.39, 0.29) is 41.1 Å². The summed E-state index contributed by atoms with van der Waals surface area (Å²) >= 11 is 0. The van der Waals surface area contributed by atoms with Crippen molar-refractivity contribution in [3.8, 4) is 5.75 Å². The van der Waals surface area contributed by atoms with E-state index in [1.807, 2.05) is 0 Å². The summed E-state index contributed by atoms with van der Waals surface area (Å²) in [4.78, 5) is 44.3. The van der Waals surface area contributed by atoms with E-state index >= 15 is 0 Å².